The van der Waals surface area contributed by atoms with E-state index < -0.39 is 24.0 Å². The van der Waals surface area contributed by atoms with Crippen LogP contribution in [0.2, 0.25) is 0 Å². The molecule has 2 N–H and O–H groups in total. The lowest BCUT2D eigenvalue weighted by Gasteiger charge is -2.37. The number of benzene rings is 4. The third kappa shape index (κ3) is 8.58. The normalized spacial score (nSPS) is 12.5. The van der Waals surface area contributed by atoms with Crippen LogP contribution in [0.25, 0.3) is 11.1 Å². The number of alkyl halides is 3. The first kappa shape index (κ1) is 37.7. The molecule has 0 fully saturated rings. The molecule has 0 heterocycles. The molecule has 1 aliphatic carbocycles. The fraction of sp³-hybridized carbons (Fsp3) is 0.324. The molecule has 5 rings (SSSR count). The number of hydrogen-bond acceptors (Lipinski definition) is 5. The summed E-state index contributed by atoms with van der Waals surface area (Å²) in [6.07, 6.45) is -3.04. The lowest BCUT2D eigenvalue weighted by atomic mass is 9.73. The minimum absolute atomic E-state index is 0. The van der Waals surface area contributed by atoms with Crippen LogP contribution in [0.1, 0.15) is 54.5 Å². The Bertz CT molecular complexity index is 1590. The third-order valence-electron chi connectivity index (χ3n) is 8.24. The highest BCUT2D eigenvalue weighted by molar-refractivity contribution is 7.88. The van der Waals surface area contributed by atoms with Gasteiger partial charge in [-0.15, -0.1) is 0 Å². The molecule has 0 bridgehead atoms. The van der Waals surface area contributed by atoms with Gasteiger partial charge in [0.05, 0.1) is 7.11 Å². The summed E-state index contributed by atoms with van der Waals surface area (Å²) in [5.41, 5.74) is 10.3. The molecule has 47 heavy (non-hydrogen) atoms. The number of hydrogen-bond donors (Lipinski definition) is 1. The van der Waals surface area contributed by atoms with Crippen LogP contribution in [0.3, 0.4) is 0 Å². The molecular formula is C37H42F3N2O3PS. The van der Waals surface area contributed by atoms with E-state index in [4.69, 9.17) is 15.2 Å². The maximum atomic E-state index is 14.7. The fourth-order valence-electron chi connectivity index (χ4n) is 6.15. The largest absolute Gasteiger partial charge is 0.496 e. The van der Waals surface area contributed by atoms with Crippen molar-refractivity contribution >= 4 is 25.7 Å². The van der Waals surface area contributed by atoms with Crippen molar-refractivity contribution in [3.8, 4) is 22.6 Å². The van der Waals surface area contributed by atoms with E-state index in [2.05, 4.69) is 19.8 Å². The minimum Gasteiger partial charge on any atom is -0.496 e. The van der Waals surface area contributed by atoms with Gasteiger partial charge in [-0.3, -0.25) is 4.79 Å². The average molecular weight is 683 g/mol. The number of nitrogens with zero attached hydrogens (tertiary/aromatic N) is 1. The summed E-state index contributed by atoms with van der Waals surface area (Å²) in [5.74, 6) is 0.263. The van der Waals surface area contributed by atoms with E-state index in [1.807, 2.05) is 79.7 Å². The van der Waals surface area contributed by atoms with Crippen LogP contribution < -0.4 is 15.2 Å². The van der Waals surface area contributed by atoms with Crippen molar-refractivity contribution in [1.29, 1.82) is 0 Å². The van der Waals surface area contributed by atoms with Gasteiger partial charge in [0.15, 0.2) is 0 Å². The summed E-state index contributed by atoms with van der Waals surface area (Å²) in [7, 11) is 4.01. The van der Waals surface area contributed by atoms with E-state index in [0.717, 1.165) is 38.3 Å². The predicted octanol–water partition coefficient (Wildman–Crippen LogP) is 8.80. The highest BCUT2D eigenvalue weighted by atomic mass is 32.4. The smallest absolute Gasteiger partial charge is 0.406 e. The molecule has 4 aromatic rings. The van der Waals surface area contributed by atoms with Gasteiger partial charge in [-0.25, -0.2) is 0 Å². The number of carbonyl (C=O) groups excluding carboxylic acids is 1. The molecule has 0 aliphatic heterocycles. The van der Waals surface area contributed by atoms with E-state index in [1.165, 1.54) is 7.11 Å². The molecule has 0 aromatic heterocycles. The molecule has 5 nitrogen and oxygen atoms in total. The van der Waals surface area contributed by atoms with E-state index in [0.29, 0.717) is 49.5 Å². The Balaban J connectivity index is 0.00000196. The molecule has 0 atom stereocenters. The van der Waals surface area contributed by atoms with Crippen LogP contribution in [0.5, 0.6) is 11.5 Å². The number of fused-ring (bicyclic) bond motifs is 3. The SMILES string of the molecule is C.COc1cc(OCc2ccc(C)cc2)ccc1CN(CC(F)(F)F)C(=O)C1(CCCCN)c2ccccc2-c2ccccc21.P=S. The highest BCUT2D eigenvalue weighted by Gasteiger charge is 2.51. The first-order valence-electron chi connectivity index (χ1n) is 15.0. The first-order valence-corrected chi connectivity index (χ1v) is 16.6. The maximum Gasteiger partial charge on any atom is 0.406 e. The van der Waals surface area contributed by atoms with Gasteiger partial charge in [0.1, 0.15) is 30.1 Å². The van der Waals surface area contributed by atoms with Gasteiger partial charge in [0.2, 0.25) is 5.91 Å². The molecule has 10 heteroatoms. The van der Waals surface area contributed by atoms with Gasteiger partial charge in [0.25, 0.3) is 0 Å². The van der Waals surface area contributed by atoms with Crippen LogP contribution in [0, 0.1) is 6.92 Å². The Morgan fingerprint density at radius 2 is 1.51 bits per heavy atom. The van der Waals surface area contributed by atoms with Gasteiger partial charge in [-0.05, 0) is 74.3 Å². The van der Waals surface area contributed by atoms with Crippen LogP contribution >= 0.6 is 8.02 Å². The standard InChI is InChI=1S/C36H37F3N2O3.CH4.HPS/c1-25-13-15-26(16-14-25)23-44-28-18-17-27(33(21-28)43-2)22-41(24-36(37,38)39)34(42)35(19-7-8-20-40)31-11-5-3-9-29(31)30-10-4-6-12-32(30)35;;1-2/h3-6,9-18,21H,7-8,19-20,22-24,40H2,1-2H3;1H4;1H. The zero-order chi connectivity index (χ0) is 33.3. The summed E-state index contributed by atoms with van der Waals surface area (Å²) in [5, 5.41) is 0. The van der Waals surface area contributed by atoms with Crippen molar-refractivity contribution in [1.82, 2.24) is 4.90 Å². The molecular weight excluding hydrogens is 640 g/mol. The van der Waals surface area contributed by atoms with Crippen molar-refractivity contribution in [2.75, 3.05) is 20.2 Å². The fourth-order valence-corrected chi connectivity index (χ4v) is 6.15. The van der Waals surface area contributed by atoms with Crippen molar-refractivity contribution in [3.05, 3.63) is 119 Å². The highest BCUT2D eigenvalue weighted by Crippen LogP contribution is 2.52. The first-order chi connectivity index (χ1) is 22.2. The number of rotatable bonds is 12. The summed E-state index contributed by atoms with van der Waals surface area (Å²) in [6, 6.07) is 28.0. The average Bonchev–Trinajstić information content (AvgIpc) is 3.35. The second-order valence-corrected chi connectivity index (χ2v) is 11.3. The van der Waals surface area contributed by atoms with Crippen LogP contribution in [-0.2, 0) is 35.2 Å². The second-order valence-electron chi connectivity index (χ2n) is 11.3. The van der Waals surface area contributed by atoms with Crippen molar-refractivity contribution in [3.63, 3.8) is 0 Å². The quantitative estimate of drug-likeness (QED) is 0.120. The Kier molecular flexibility index (Phi) is 13.5. The molecule has 0 unspecified atom stereocenters. The van der Waals surface area contributed by atoms with Crippen LogP contribution in [0.15, 0.2) is 91.0 Å². The lowest BCUT2D eigenvalue weighted by molar-refractivity contribution is -0.165. The van der Waals surface area contributed by atoms with Crippen molar-refractivity contribution in [2.24, 2.45) is 5.73 Å². The Morgan fingerprint density at radius 1 is 0.915 bits per heavy atom. The molecule has 0 saturated heterocycles. The lowest BCUT2D eigenvalue weighted by Crippen LogP contribution is -2.49. The van der Waals surface area contributed by atoms with Gasteiger partial charge < -0.3 is 20.1 Å². The molecule has 1 amide bonds. The van der Waals surface area contributed by atoms with Crippen LogP contribution in [0.4, 0.5) is 13.2 Å². The number of aryl methyl sites for hydroxylation is 1. The topological polar surface area (TPSA) is 64.8 Å². The summed E-state index contributed by atoms with van der Waals surface area (Å²) in [6.45, 7) is 1.07. The zero-order valence-corrected chi connectivity index (χ0v) is 27.7. The molecule has 0 spiro atoms. The number of amides is 1. The van der Waals surface area contributed by atoms with Gasteiger partial charge in [-0.2, -0.15) is 13.2 Å². The van der Waals surface area contributed by atoms with Gasteiger partial charge >= 0.3 is 6.18 Å². The Hall–Kier alpha value is -3.78. The van der Waals surface area contributed by atoms with Crippen molar-refractivity contribution in [2.45, 2.75) is 58.4 Å². The van der Waals surface area contributed by atoms with E-state index in [-0.39, 0.29) is 14.0 Å². The number of carbonyl (C=O) groups is 1. The van der Waals surface area contributed by atoms with E-state index in [1.54, 1.807) is 18.2 Å². The second kappa shape index (κ2) is 16.9. The number of methoxy groups -OCH3 is 1. The van der Waals surface area contributed by atoms with E-state index >= 15 is 0 Å². The Morgan fingerprint density at radius 3 is 2.06 bits per heavy atom. The molecule has 1 aliphatic rings. The number of nitrogens with two attached hydrogens (primary N) is 1. The summed E-state index contributed by atoms with van der Waals surface area (Å²) >= 11 is 3.89. The number of ether oxygens (including phenoxy) is 2. The monoisotopic (exact) mass is 682 g/mol. The minimum atomic E-state index is -4.62. The third-order valence-corrected chi connectivity index (χ3v) is 8.24. The van der Waals surface area contributed by atoms with Crippen LogP contribution in [-0.4, -0.2) is 37.2 Å². The van der Waals surface area contributed by atoms with E-state index in [9.17, 15) is 18.0 Å². The summed E-state index contributed by atoms with van der Waals surface area (Å²) in [4.78, 5) is 15.7. The number of unbranched alkanes of at least 4 members (excludes halogenated alkanes) is 1. The molecule has 0 radical (unpaired) electrons. The molecule has 250 valence electrons. The predicted molar refractivity (Wildman–Crippen MR) is 188 cm³/mol. The van der Waals surface area contributed by atoms with Crippen molar-refractivity contribution < 1.29 is 27.4 Å². The molecule has 4 aromatic carbocycles. The number of halogens is 3. The maximum absolute atomic E-state index is 14.7. The van der Waals surface area contributed by atoms with Gasteiger partial charge in [0, 0.05) is 18.2 Å². The summed E-state index contributed by atoms with van der Waals surface area (Å²) < 4.78 is 54.0. The zero-order valence-electron chi connectivity index (χ0n) is 25.9. The Labute approximate surface area is 283 Å². The van der Waals surface area contributed by atoms with Gasteiger partial charge in [-0.1, -0.05) is 104 Å². The molecule has 0 saturated carbocycles.